The molecule has 1 heterocycles. The van der Waals surface area contributed by atoms with Gasteiger partial charge in [-0.3, -0.25) is 4.57 Å². The normalized spacial score (nSPS) is 12.0. The Hall–Kier alpha value is -2.61. The summed E-state index contributed by atoms with van der Waals surface area (Å²) in [4.78, 5) is 12.3. The summed E-state index contributed by atoms with van der Waals surface area (Å²) >= 11 is 5.85. The van der Waals surface area contributed by atoms with Gasteiger partial charge in [0.25, 0.3) is 0 Å². The van der Waals surface area contributed by atoms with E-state index >= 15 is 0 Å². The Balaban J connectivity index is 2.37. The lowest BCUT2D eigenvalue weighted by atomic mass is 10.2. The third kappa shape index (κ3) is 2.40. The summed E-state index contributed by atoms with van der Waals surface area (Å²) in [6.07, 6.45) is -4.56. The molecule has 5 nitrogen and oxygen atoms in total. The fraction of sp³-hybridized carbons (Fsp3) is 0.0714. The number of alkyl halides is 3. The monoisotopic (exact) mass is 343 g/mol. The van der Waals surface area contributed by atoms with Crippen molar-refractivity contribution in [3.8, 4) is 11.4 Å². The molecule has 0 bridgehead atoms. The number of halogens is 4. The summed E-state index contributed by atoms with van der Waals surface area (Å²) in [6.45, 7) is 0. The molecular formula is C14H9ClF3N3O2. The Morgan fingerprint density at radius 1 is 1.09 bits per heavy atom. The van der Waals surface area contributed by atoms with Crippen molar-refractivity contribution in [2.45, 2.75) is 6.18 Å². The van der Waals surface area contributed by atoms with Gasteiger partial charge >= 0.3 is 11.9 Å². The largest absolute Gasteiger partial charge is 0.506 e. The van der Waals surface area contributed by atoms with Gasteiger partial charge in [0, 0.05) is 5.02 Å². The lowest BCUT2D eigenvalue weighted by Crippen LogP contribution is -2.28. The molecular weight excluding hydrogens is 335 g/mol. The van der Waals surface area contributed by atoms with E-state index in [4.69, 9.17) is 17.4 Å². The summed E-state index contributed by atoms with van der Waals surface area (Å²) in [5.41, 5.74) is -1.72. The number of aromatic nitrogens is 2. The number of benzene rings is 2. The lowest BCUT2D eigenvalue weighted by Gasteiger charge is -2.08. The Morgan fingerprint density at radius 3 is 2.43 bits per heavy atom. The molecule has 3 rings (SSSR count). The summed E-state index contributed by atoms with van der Waals surface area (Å²) in [5.74, 6) is 5.32. The van der Waals surface area contributed by atoms with E-state index in [9.17, 15) is 23.1 Å². The summed E-state index contributed by atoms with van der Waals surface area (Å²) in [7, 11) is 0. The van der Waals surface area contributed by atoms with E-state index < -0.39 is 17.4 Å². The highest BCUT2D eigenvalue weighted by molar-refractivity contribution is 6.30. The number of aromatic hydroxyl groups is 1. The molecule has 0 aliphatic carbocycles. The second-order valence-corrected chi connectivity index (χ2v) is 5.26. The molecule has 0 aliphatic rings. The van der Waals surface area contributed by atoms with Gasteiger partial charge < -0.3 is 10.9 Å². The van der Waals surface area contributed by atoms with Crippen LogP contribution in [-0.4, -0.2) is 14.3 Å². The Morgan fingerprint density at radius 2 is 1.78 bits per heavy atom. The molecule has 0 spiro atoms. The first-order chi connectivity index (χ1) is 10.7. The average molecular weight is 344 g/mol. The number of hydrogen-bond donors (Lipinski definition) is 2. The number of imidazole rings is 1. The van der Waals surface area contributed by atoms with Crippen molar-refractivity contribution in [3.63, 3.8) is 0 Å². The van der Waals surface area contributed by atoms with Crippen LogP contribution in [0.3, 0.4) is 0 Å². The van der Waals surface area contributed by atoms with Crippen molar-refractivity contribution < 1.29 is 18.3 Å². The maximum absolute atomic E-state index is 12.8. The Labute approximate surface area is 131 Å². The van der Waals surface area contributed by atoms with Crippen LogP contribution in [-0.2, 0) is 6.18 Å². The zero-order valence-electron chi connectivity index (χ0n) is 11.3. The number of rotatable bonds is 1. The molecule has 3 N–H and O–H groups in total. The number of fused-ring (bicyclic) bond motifs is 1. The van der Waals surface area contributed by atoms with Gasteiger partial charge in [0.1, 0.15) is 5.75 Å². The topological polar surface area (TPSA) is 73.2 Å². The van der Waals surface area contributed by atoms with Crippen LogP contribution in [0.1, 0.15) is 5.56 Å². The van der Waals surface area contributed by atoms with Crippen molar-refractivity contribution in [2.75, 3.05) is 5.84 Å². The first kappa shape index (κ1) is 15.3. The minimum absolute atomic E-state index is 0.0245. The number of nitrogens with zero attached hydrogens (tertiary/aromatic N) is 2. The molecule has 0 radical (unpaired) electrons. The van der Waals surface area contributed by atoms with Crippen LogP contribution in [0.15, 0.2) is 41.2 Å². The van der Waals surface area contributed by atoms with E-state index in [-0.39, 0.29) is 27.5 Å². The minimum Gasteiger partial charge on any atom is -0.506 e. The van der Waals surface area contributed by atoms with Crippen LogP contribution < -0.4 is 11.5 Å². The lowest BCUT2D eigenvalue weighted by molar-refractivity contribution is -0.137. The quantitative estimate of drug-likeness (QED) is 0.667. The second kappa shape index (κ2) is 4.95. The highest BCUT2D eigenvalue weighted by Gasteiger charge is 2.31. The molecule has 0 saturated carbocycles. The molecule has 23 heavy (non-hydrogen) atoms. The van der Waals surface area contributed by atoms with Gasteiger partial charge in [-0.1, -0.05) is 11.6 Å². The summed E-state index contributed by atoms with van der Waals surface area (Å²) < 4.78 is 40.0. The van der Waals surface area contributed by atoms with E-state index in [2.05, 4.69) is 0 Å². The molecule has 120 valence electrons. The molecule has 1 aromatic heterocycles. The summed E-state index contributed by atoms with van der Waals surface area (Å²) in [5, 5.41) is 10.2. The second-order valence-electron chi connectivity index (χ2n) is 4.82. The fourth-order valence-electron chi connectivity index (χ4n) is 2.30. The maximum Gasteiger partial charge on any atom is 0.416 e. The maximum atomic E-state index is 12.8. The van der Waals surface area contributed by atoms with Gasteiger partial charge in [-0.25, -0.2) is 9.47 Å². The standard InChI is InChI=1S/C14H9ClF3N3O2/c15-8-2-4-12(22)11(6-8)20-9-3-1-7(14(16,17)18)5-10(9)21(19)13(20)23/h1-6,22H,19H2. The van der Waals surface area contributed by atoms with Crippen molar-refractivity contribution in [3.05, 3.63) is 57.5 Å². The van der Waals surface area contributed by atoms with Crippen LogP contribution in [0.5, 0.6) is 5.75 Å². The van der Waals surface area contributed by atoms with Crippen LogP contribution in [0.2, 0.25) is 5.02 Å². The zero-order valence-corrected chi connectivity index (χ0v) is 12.1. The SMILES string of the molecule is Nn1c(=O)n(-c2cc(Cl)ccc2O)c2ccc(C(F)(F)F)cc21. The summed E-state index contributed by atoms with van der Waals surface area (Å²) in [6, 6.07) is 6.72. The van der Waals surface area contributed by atoms with Gasteiger partial charge in [-0.2, -0.15) is 13.2 Å². The van der Waals surface area contributed by atoms with Crippen molar-refractivity contribution in [1.29, 1.82) is 0 Å². The molecule has 0 amide bonds. The van der Waals surface area contributed by atoms with E-state index in [1.165, 1.54) is 18.2 Å². The average Bonchev–Trinajstić information content (AvgIpc) is 2.72. The zero-order chi connectivity index (χ0) is 16.9. The van der Waals surface area contributed by atoms with E-state index in [1.807, 2.05) is 0 Å². The highest BCUT2D eigenvalue weighted by atomic mass is 35.5. The van der Waals surface area contributed by atoms with Crippen LogP contribution >= 0.6 is 11.6 Å². The molecule has 0 aliphatic heterocycles. The highest BCUT2D eigenvalue weighted by Crippen LogP contribution is 2.32. The molecule has 3 aromatic rings. The first-order valence-corrected chi connectivity index (χ1v) is 6.66. The van der Waals surface area contributed by atoms with Gasteiger partial charge in [-0.05, 0) is 36.4 Å². The molecule has 2 aromatic carbocycles. The third-order valence-corrected chi connectivity index (χ3v) is 3.61. The molecule has 0 unspecified atom stereocenters. The van der Waals surface area contributed by atoms with Crippen molar-refractivity contribution in [1.82, 2.24) is 9.24 Å². The molecule has 0 atom stereocenters. The van der Waals surface area contributed by atoms with E-state index in [0.29, 0.717) is 4.68 Å². The minimum atomic E-state index is -4.56. The molecule has 0 fully saturated rings. The Kier molecular flexibility index (Phi) is 3.29. The van der Waals surface area contributed by atoms with Crippen molar-refractivity contribution >= 4 is 22.6 Å². The molecule has 9 heteroatoms. The number of phenolic OH excluding ortho intramolecular Hbond substituents is 1. The van der Waals surface area contributed by atoms with Crippen LogP contribution in [0.4, 0.5) is 13.2 Å². The van der Waals surface area contributed by atoms with E-state index in [1.54, 1.807) is 0 Å². The van der Waals surface area contributed by atoms with Gasteiger partial charge in [-0.15, -0.1) is 0 Å². The van der Waals surface area contributed by atoms with Gasteiger partial charge in [0.15, 0.2) is 0 Å². The number of nitrogens with two attached hydrogens (primary N) is 1. The predicted molar refractivity (Wildman–Crippen MR) is 79.4 cm³/mol. The van der Waals surface area contributed by atoms with Crippen LogP contribution in [0, 0.1) is 0 Å². The van der Waals surface area contributed by atoms with Gasteiger partial charge in [0.2, 0.25) is 0 Å². The predicted octanol–water partition coefficient (Wildman–Crippen LogP) is 2.88. The van der Waals surface area contributed by atoms with Crippen molar-refractivity contribution in [2.24, 2.45) is 0 Å². The fourth-order valence-corrected chi connectivity index (χ4v) is 2.47. The van der Waals surface area contributed by atoms with Crippen LogP contribution in [0.25, 0.3) is 16.7 Å². The van der Waals surface area contributed by atoms with Gasteiger partial charge in [0.05, 0.1) is 22.3 Å². The van der Waals surface area contributed by atoms with E-state index in [0.717, 1.165) is 22.8 Å². The Bertz CT molecular complexity index is 976. The third-order valence-electron chi connectivity index (χ3n) is 3.38. The first-order valence-electron chi connectivity index (χ1n) is 6.29. The number of hydrogen-bond acceptors (Lipinski definition) is 3. The number of phenols is 1. The molecule has 0 saturated heterocycles. The number of nitrogen functional groups attached to an aromatic ring is 1. The smallest absolute Gasteiger partial charge is 0.416 e.